The molecule has 1 unspecified atom stereocenters. The molecule has 0 bridgehead atoms. The van der Waals surface area contributed by atoms with Gasteiger partial charge in [-0.25, -0.2) is 4.79 Å². The Labute approximate surface area is 200 Å². The van der Waals surface area contributed by atoms with E-state index in [0.29, 0.717) is 30.0 Å². The average molecular weight is 465 g/mol. The van der Waals surface area contributed by atoms with Gasteiger partial charge in [0, 0.05) is 6.54 Å². The summed E-state index contributed by atoms with van der Waals surface area (Å²) in [7, 11) is 0. The van der Waals surface area contributed by atoms with E-state index < -0.39 is 12.0 Å². The van der Waals surface area contributed by atoms with Crippen LogP contribution in [0.25, 0.3) is 5.70 Å². The number of hydroxylamine groups is 1. The van der Waals surface area contributed by atoms with Crippen LogP contribution in [0.4, 0.5) is 0 Å². The fourth-order valence-corrected chi connectivity index (χ4v) is 3.83. The first kappa shape index (κ1) is 25.1. The molecule has 2 N–H and O–H groups in total. The molecule has 1 aliphatic rings. The molecule has 1 heterocycles. The van der Waals surface area contributed by atoms with Gasteiger partial charge in [-0.3, -0.25) is 15.1 Å². The molecular weight excluding hydrogens is 432 g/mol. The van der Waals surface area contributed by atoms with E-state index in [-0.39, 0.29) is 19.1 Å². The molecule has 0 saturated heterocycles. The lowest BCUT2D eigenvalue weighted by molar-refractivity contribution is -0.149. The third-order valence-electron chi connectivity index (χ3n) is 5.62. The van der Waals surface area contributed by atoms with Gasteiger partial charge < -0.3 is 14.7 Å². The molecule has 0 saturated carbocycles. The number of carbonyl (C=O) groups is 2. The van der Waals surface area contributed by atoms with Crippen LogP contribution in [0.1, 0.15) is 48.9 Å². The Hall–Kier alpha value is -3.58. The number of hydrogen-bond donors (Lipinski definition) is 2. The third-order valence-corrected chi connectivity index (χ3v) is 5.62. The van der Waals surface area contributed by atoms with Gasteiger partial charge in [-0.1, -0.05) is 68.8 Å². The lowest BCUT2D eigenvalue weighted by Gasteiger charge is -2.34. The highest BCUT2D eigenvalue weighted by molar-refractivity contribution is 5.92. The molecule has 2 aromatic carbocycles. The lowest BCUT2D eigenvalue weighted by atomic mass is 9.92. The molecule has 7 heteroatoms. The first-order chi connectivity index (χ1) is 16.5. The van der Waals surface area contributed by atoms with Gasteiger partial charge in [0.2, 0.25) is 5.91 Å². The molecule has 0 radical (unpaired) electrons. The summed E-state index contributed by atoms with van der Waals surface area (Å²) >= 11 is 0. The number of aliphatic carboxylic acids is 1. The highest BCUT2D eigenvalue weighted by Crippen LogP contribution is 2.33. The van der Waals surface area contributed by atoms with E-state index in [1.165, 1.54) is 11.0 Å². The Morgan fingerprint density at radius 1 is 1.21 bits per heavy atom. The molecule has 2 aromatic rings. The van der Waals surface area contributed by atoms with Gasteiger partial charge >= 0.3 is 5.97 Å². The third kappa shape index (κ3) is 6.71. The van der Waals surface area contributed by atoms with Crippen LogP contribution in [0.15, 0.2) is 67.3 Å². The Kier molecular flexibility index (Phi) is 9.29. The van der Waals surface area contributed by atoms with Crippen molar-refractivity contribution in [2.24, 2.45) is 0 Å². The van der Waals surface area contributed by atoms with Crippen molar-refractivity contribution in [3.63, 3.8) is 0 Å². The largest absolute Gasteiger partial charge is 0.491 e. The zero-order valence-electron chi connectivity index (χ0n) is 19.5. The van der Waals surface area contributed by atoms with Gasteiger partial charge in [0.15, 0.2) is 6.04 Å². The van der Waals surface area contributed by atoms with Crippen LogP contribution < -0.4 is 10.2 Å². The van der Waals surface area contributed by atoms with Crippen LogP contribution in [0, 0.1) is 0 Å². The summed E-state index contributed by atoms with van der Waals surface area (Å²) in [6.07, 6.45) is 6.75. The molecule has 180 valence electrons. The number of fused-ring (bicyclic) bond motifs is 1. The molecule has 0 spiro atoms. The zero-order valence-corrected chi connectivity index (χ0v) is 19.5. The molecule has 7 nitrogen and oxygen atoms in total. The van der Waals surface area contributed by atoms with Gasteiger partial charge in [-0.15, -0.1) is 0 Å². The van der Waals surface area contributed by atoms with E-state index in [0.717, 1.165) is 30.4 Å². The molecule has 0 aromatic heterocycles. The number of nitrogens with one attached hydrogen (secondary N) is 1. The summed E-state index contributed by atoms with van der Waals surface area (Å²) in [6, 6.07) is 14.0. The lowest BCUT2D eigenvalue weighted by Crippen LogP contribution is -2.42. The number of unbranched alkanes of at least 4 members (excludes halogenated alkanes) is 2. The second kappa shape index (κ2) is 12.6. The highest BCUT2D eigenvalue weighted by atomic mass is 16.7. The van der Waals surface area contributed by atoms with E-state index >= 15 is 0 Å². The predicted octanol–water partition coefficient (Wildman–Crippen LogP) is 4.51. The zero-order chi connectivity index (χ0) is 24.3. The highest BCUT2D eigenvalue weighted by Gasteiger charge is 2.35. The van der Waals surface area contributed by atoms with Gasteiger partial charge in [-0.05, 0) is 47.7 Å². The number of ether oxygens (including phenoxy) is 1. The van der Waals surface area contributed by atoms with Gasteiger partial charge in [0.05, 0.1) is 5.70 Å². The Bertz CT molecular complexity index is 1020. The Morgan fingerprint density at radius 3 is 2.74 bits per heavy atom. The second-order valence-electron chi connectivity index (χ2n) is 8.07. The van der Waals surface area contributed by atoms with Gasteiger partial charge in [0.1, 0.15) is 19.0 Å². The van der Waals surface area contributed by atoms with E-state index in [4.69, 9.17) is 9.57 Å². The number of carboxylic acids is 1. The molecule has 1 atom stereocenters. The fourth-order valence-electron chi connectivity index (χ4n) is 3.83. The number of benzene rings is 2. The van der Waals surface area contributed by atoms with Crippen molar-refractivity contribution in [2.75, 3.05) is 19.8 Å². The summed E-state index contributed by atoms with van der Waals surface area (Å²) < 4.78 is 5.77. The van der Waals surface area contributed by atoms with E-state index in [2.05, 4.69) is 19.0 Å². The topological polar surface area (TPSA) is 88.1 Å². The first-order valence-electron chi connectivity index (χ1n) is 11.6. The van der Waals surface area contributed by atoms with E-state index in [1.807, 2.05) is 48.5 Å². The summed E-state index contributed by atoms with van der Waals surface area (Å²) in [5, 5.41) is 9.90. The summed E-state index contributed by atoms with van der Waals surface area (Å²) in [4.78, 5) is 31.6. The number of amides is 1. The number of hydrogen-bond acceptors (Lipinski definition) is 5. The van der Waals surface area contributed by atoms with Crippen molar-refractivity contribution >= 4 is 17.6 Å². The number of rotatable bonds is 12. The Balaban J connectivity index is 1.57. The standard InChI is InChI=1S/C27H32N2O5/c1-3-4-5-9-12-25(30)29-16-15-22-13-14-23(19-24(22)26(29)27(31)32)33-17-18-34-28-20(2)21-10-7-6-8-11-21/h6-14,19,26,28H,2-5,15-18H2,1H3,(H,31,32). The van der Waals surface area contributed by atoms with Gasteiger partial charge in [-0.2, -0.15) is 0 Å². The molecule has 1 amide bonds. The maximum absolute atomic E-state index is 12.7. The van der Waals surface area contributed by atoms with Crippen LogP contribution in [0.5, 0.6) is 5.75 Å². The number of allylic oxidation sites excluding steroid dienone is 1. The van der Waals surface area contributed by atoms with Crippen LogP contribution in [0.3, 0.4) is 0 Å². The quantitative estimate of drug-likeness (QED) is 0.273. The number of carboxylic acid groups (broad SMARTS) is 1. The van der Waals surface area contributed by atoms with Crippen molar-refractivity contribution in [3.05, 3.63) is 84.0 Å². The smallest absolute Gasteiger partial charge is 0.331 e. The van der Waals surface area contributed by atoms with Crippen LogP contribution in [-0.2, 0) is 20.8 Å². The molecule has 34 heavy (non-hydrogen) atoms. The molecule has 1 aliphatic heterocycles. The number of carbonyl (C=O) groups excluding carboxylic acids is 1. The fraction of sp³-hybridized carbons (Fsp3) is 0.333. The van der Waals surface area contributed by atoms with Crippen LogP contribution in [-0.4, -0.2) is 41.6 Å². The predicted molar refractivity (Wildman–Crippen MR) is 131 cm³/mol. The minimum Gasteiger partial charge on any atom is -0.491 e. The molecular formula is C27H32N2O5. The summed E-state index contributed by atoms with van der Waals surface area (Å²) in [5.74, 6) is -0.803. The van der Waals surface area contributed by atoms with E-state index in [9.17, 15) is 14.7 Å². The Morgan fingerprint density at radius 2 is 2.00 bits per heavy atom. The van der Waals surface area contributed by atoms with Crippen LogP contribution >= 0.6 is 0 Å². The number of nitrogens with zero attached hydrogens (tertiary/aromatic N) is 1. The summed E-state index contributed by atoms with van der Waals surface area (Å²) in [5.41, 5.74) is 5.87. The molecule has 0 aliphatic carbocycles. The minimum atomic E-state index is -1.06. The SMILES string of the molecule is C=C(NOCCOc1ccc2c(c1)C(C(=O)O)N(C(=O)C=CCCCC)CC2)c1ccccc1. The van der Waals surface area contributed by atoms with Crippen molar-refractivity contribution < 1.29 is 24.3 Å². The normalized spacial score (nSPS) is 15.1. The van der Waals surface area contributed by atoms with Crippen molar-refractivity contribution in [1.29, 1.82) is 0 Å². The van der Waals surface area contributed by atoms with E-state index in [1.54, 1.807) is 6.07 Å². The minimum absolute atomic E-state index is 0.258. The van der Waals surface area contributed by atoms with Gasteiger partial charge in [0.25, 0.3) is 0 Å². The van der Waals surface area contributed by atoms with Crippen molar-refractivity contribution in [3.8, 4) is 5.75 Å². The van der Waals surface area contributed by atoms with Crippen LogP contribution in [0.2, 0.25) is 0 Å². The average Bonchev–Trinajstić information content (AvgIpc) is 2.85. The summed E-state index contributed by atoms with van der Waals surface area (Å²) in [6.45, 7) is 6.91. The second-order valence-corrected chi connectivity index (χ2v) is 8.07. The maximum atomic E-state index is 12.7. The monoisotopic (exact) mass is 464 g/mol. The molecule has 3 rings (SSSR count). The van der Waals surface area contributed by atoms with Crippen molar-refractivity contribution in [2.45, 2.75) is 38.6 Å². The first-order valence-corrected chi connectivity index (χ1v) is 11.6. The maximum Gasteiger partial charge on any atom is 0.331 e. The molecule has 0 fully saturated rings. The van der Waals surface area contributed by atoms with Crippen molar-refractivity contribution in [1.82, 2.24) is 10.4 Å².